The highest BCUT2D eigenvalue weighted by Crippen LogP contribution is 2.28. The van der Waals surface area contributed by atoms with Gasteiger partial charge in [-0.25, -0.2) is 0 Å². The molecule has 0 saturated heterocycles. The Balaban J connectivity index is 2.02. The summed E-state index contributed by atoms with van der Waals surface area (Å²) in [5, 5.41) is 18.0. The number of nitrogens with zero attached hydrogens (tertiary/aromatic N) is 4. The van der Waals surface area contributed by atoms with Gasteiger partial charge in [0, 0.05) is 33.9 Å². The van der Waals surface area contributed by atoms with Crippen molar-refractivity contribution in [3.63, 3.8) is 0 Å². The summed E-state index contributed by atoms with van der Waals surface area (Å²) >= 11 is 4.79. The maximum absolute atomic E-state index is 10.7. The summed E-state index contributed by atoms with van der Waals surface area (Å²) in [7, 11) is 0. The van der Waals surface area contributed by atoms with E-state index in [0.717, 1.165) is 15.7 Å². The Hall–Kier alpha value is -2.19. The highest BCUT2D eigenvalue weighted by atomic mass is 79.9. The lowest BCUT2D eigenvalue weighted by atomic mass is 10.2. The molecule has 0 aliphatic rings. The first-order chi connectivity index (χ1) is 11.6. The van der Waals surface area contributed by atoms with Crippen LogP contribution in [0.3, 0.4) is 0 Å². The molecule has 122 valence electrons. The summed E-state index contributed by atoms with van der Waals surface area (Å²) in [6.07, 6.45) is 3.50. The molecule has 1 aromatic carbocycles. The van der Waals surface area contributed by atoms with Crippen molar-refractivity contribution in [3.05, 3.63) is 53.3 Å². The Morgan fingerprint density at radius 3 is 2.67 bits per heavy atom. The molecule has 1 N–H and O–H groups in total. The van der Waals surface area contributed by atoms with Gasteiger partial charge in [0.25, 0.3) is 0 Å². The fourth-order valence-electron chi connectivity index (χ4n) is 2.10. The molecule has 0 radical (unpaired) electrons. The molecule has 0 saturated carbocycles. The van der Waals surface area contributed by atoms with Crippen LogP contribution in [0.5, 0.6) is 0 Å². The second-order valence-electron chi connectivity index (χ2n) is 4.85. The zero-order valence-electron chi connectivity index (χ0n) is 12.5. The van der Waals surface area contributed by atoms with Crippen molar-refractivity contribution in [3.8, 4) is 17.1 Å². The Kier molecular flexibility index (Phi) is 5.27. The van der Waals surface area contributed by atoms with Crippen LogP contribution in [-0.4, -0.2) is 36.6 Å². The van der Waals surface area contributed by atoms with Crippen LogP contribution in [0.15, 0.2) is 58.4 Å². The lowest BCUT2D eigenvalue weighted by molar-refractivity contribution is -0.136. The number of carboxylic acid groups (broad SMARTS) is 1. The zero-order chi connectivity index (χ0) is 16.9. The van der Waals surface area contributed by atoms with Gasteiger partial charge in [0.05, 0.1) is 6.42 Å². The van der Waals surface area contributed by atoms with Gasteiger partial charge < -0.3 is 5.11 Å². The highest BCUT2D eigenvalue weighted by molar-refractivity contribution is 9.10. The second kappa shape index (κ2) is 7.59. The number of pyridine rings is 1. The van der Waals surface area contributed by atoms with Gasteiger partial charge in [0.2, 0.25) is 0 Å². The lowest BCUT2D eigenvalue weighted by Gasteiger charge is -2.10. The van der Waals surface area contributed by atoms with Crippen molar-refractivity contribution in [1.29, 1.82) is 0 Å². The van der Waals surface area contributed by atoms with E-state index < -0.39 is 5.97 Å². The van der Waals surface area contributed by atoms with Crippen molar-refractivity contribution >= 4 is 33.7 Å². The van der Waals surface area contributed by atoms with Crippen LogP contribution < -0.4 is 0 Å². The van der Waals surface area contributed by atoms with Gasteiger partial charge in [-0.15, -0.1) is 10.2 Å². The van der Waals surface area contributed by atoms with Crippen LogP contribution in [0.1, 0.15) is 6.42 Å². The van der Waals surface area contributed by atoms with Gasteiger partial charge in [-0.3, -0.25) is 14.3 Å². The van der Waals surface area contributed by atoms with Crippen molar-refractivity contribution in [1.82, 2.24) is 19.7 Å². The number of rotatable bonds is 6. The maximum atomic E-state index is 10.7. The quantitative estimate of drug-likeness (QED) is 0.631. The molecule has 0 amide bonds. The summed E-state index contributed by atoms with van der Waals surface area (Å²) < 4.78 is 2.89. The van der Waals surface area contributed by atoms with Gasteiger partial charge in [0.15, 0.2) is 11.0 Å². The van der Waals surface area contributed by atoms with Gasteiger partial charge in [-0.1, -0.05) is 27.7 Å². The van der Waals surface area contributed by atoms with Crippen molar-refractivity contribution < 1.29 is 9.90 Å². The summed E-state index contributed by atoms with van der Waals surface area (Å²) in [6.45, 7) is 0. The van der Waals surface area contributed by atoms with Crippen LogP contribution in [0.25, 0.3) is 17.1 Å². The van der Waals surface area contributed by atoms with Crippen molar-refractivity contribution in [2.45, 2.75) is 11.6 Å². The number of aliphatic carboxylic acids is 1. The third kappa shape index (κ3) is 3.82. The molecule has 24 heavy (non-hydrogen) atoms. The van der Waals surface area contributed by atoms with Gasteiger partial charge >= 0.3 is 5.97 Å². The van der Waals surface area contributed by atoms with E-state index in [2.05, 4.69) is 31.1 Å². The molecule has 3 rings (SSSR count). The fraction of sp³-hybridized carbons (Fsp3) is 0.125. The monoisotopic (exact) mass is 404 g/mol. The third-order valence-corrected chi connectivity index (χ3v) is 4.64. The predicted molar refractivity (Wildman–Crippen MR) is 95.3 cm³/mol. The normalized spacial score (nSPS) is 10.7. The Morgan fingerprint density at radius 1 is 1.21 bits per heavy atom. The van der Waals surface area contributed by atoms with E-state index in [0.29, 0.717) is 16.7 Å². The first-order valence-electron chi connectivity index (χ1n) is 7.11. The number of halogens is 1. The van der Waals surface area contributed by atoms with Crippen LogP contribution in [0.4, 0.5) is 0 Å². The molecule has 0 fully saturated rings. The van der Waals surface area contributed by atoms with Crippen LogP contribution in [0.2, 0.25) is 0 Å². The average Bonchev–Trinajstić information content (AvgIpc) is 3.00. The second-order valence-corrected chi connectivity index (χ2v) is 6.83. The van der Waals surface area contributed by atoms with Gasteiger partial charge in [-0.05, 0) is 36.4 Å². The highest BCUT2D eigenvalue weighted by Gasteiger charge is 2.16. The largest absolute Gasteiger partial charge is 0.481 e. The minimum Gasteiger partial charge on any atom is -0.481 e. The zero-order valence-corrected chi connectivity index (χ0v) is 14.9. The van der Waals surface area contributed by atoms with Crippen LogP contribution in [0, 0.1) is 0 Å². The van der Waals surface area contributed by atoms with E-state index in [1.807, 2.05) is 41.0 Å². The topological polar surface area (TPSA) is 80.9 Å². The number of carbonyl (C=O) groups is 1. The SMILES string of the molecule is O=C(O)CCSc1nnc(-c2cccnc2)n1-c1ccc(Br)cc1. The third-order valence-electron chi connectivity index (χ3n) is 3.19. The van der Waals surface area contributed by atoms with Crippen molar-refractivity contribution in [2.75, 3.05) is 5.75 Å². The molecule has 0 spiro atoms. The first kappa shape index (κ1) is 16.7. The molecule has 2 aromatic heterocycles. The number of benzene rings is 1. The molecule has 8 heteroatoms. The number of thioether (sulfide) groups is 1. The minimum absolute atomic E-state index is 0.0695. The molecular weight excluding hydrogens is 392 g/mol. The van der Waals surface area contributed by atoms with Crippen molar-refractivity contribution in [2.24, 2.45) is 0 Å². The van der Waals surface area contributed by atoms with Gasteiger partial charge in [0.1, 0.15) is 0 Å². The standard InChI is InChI=1S/C16H13BrN4O2S/c17-12-3-5-13(6-4-12)21-15(11-2-1-8-18-10-11)19-20-16(21)24-9-7-14(22)23/h1-6,8,10H,7,9H2,(H,22,23). The number of hydrogen-bond donors (Lipinski definition) is 1. The van der Waals surface area contributed by atoms with E-state index in [-0.39, 0.29) is 6.42 Å². The average molecular weight is 405 g/mol. The molecule has 2 heterocycles. The summed E-state index contributed by atoms with van der Waals surface area (Å²) in [5.41, 5.74) is 1.75. The van der Waals surface area contributed by atoms with E-state index in [1.54, 1.807) is 12.4 Å². The molecule has 3 aromatic rings. The summed E-state index contributed by atoms with van der Waals surface area (Å²) in [4.78, 5) is 14.9. The molecule has 0 aliphatic carbocycles. The predicted octanol–water partition coefficient (Wildman–Crippen LogP) is 3.66. The first-order valence-corrected chi connectivity index (χ1v) is 8.89. The molecule has 0 atom stereocenters. The summed E-state index contributed by atoms with van der Waals surface area (Å²) in [6, 6.07) is 11.5. The molecule has 6 nitrogen and oxygen atoms in total. The minimum atomic E-state index is -0.829. The molecule has 0 bridgehead atoms. The van der Waals surface area contributed by atoms with E-state index in [1.165, 1.54) is 11.8 Å². The van der Waals surface area contributed by atoms with Crippen LogP contribution in [-0.2, 0) is 4.79 Å². The Bertz CT molecular complexity index is 837. The number of carboxylic acids is 1. The molecular formula is C16H13BrN4O2S. The van der Waals surface area contributed by atoms with E-state index in [4.69, 9.17) is 5.11 Å². The number of hydrogen-bond acceptors (Lipinski definition) is 5. The maximum Gasteiger partial charge on any atom is 0.304 e. The lowest BCUT2D eigenvalue weighted by Crippen LogP contribution is -2.01. The van der Waals surface area contributed by atoms with E-state index in [9.17, 15) is 4.79 Å². The van der Waals surface area contributed by atoms with E-state index >= 15 is 0 Å². The Morgan fingerprint density at radius 2 is 2.00 bits per heavy atom. The molecule has 0 unspecified atom stereocenters. The molecule has 0 aliphatic heterocycles. The number of aromatic nitrogens is 4. The Labute approximate surface area is 151 Å². The fourth-order valence-corrected chi connectivity index (χ4v) is 3.24. The smallest absolute Gasteiger partial charge is 0.304 e. The van der Waals surface area contributed by atoms with Gasteiger partial charge in [-0.2, -0.15) is 0 Å². The van der Waals surface area contributed by atoms with Crippen LogP contribution >= 0.6 is 27.7 Å². The summed E-state index contributed by atoms with van der Waals surface area (Å²) in [5.74, 6) is 0.268.